The van der Waals surface area contributed by atoms with Gasteiger partial charge in [0.25, 0.3) is 0 Å². The lowest BCUT2D eigenvalue weighted by Crippen LogP contribution is -2.37. The molecule has 28 heavy (non-hydrogen) atoms. The highest BCUT2D eigenvalue weighted by Gasteiger charge is 2.45. The molecular weight excluding hydrogens is 398 g/mol. The fraction of sp³-hybridized carbons (Fsp3) is 0.250. The molecule has 8 heteroatoms. The zero-order chi connectivity index (χ0) is 19.3. The minimum Gasteiger partial charge on any atom is -0.343 e. The van der Waals surface area contributed by atoms with E-state index < -0.39 is 6.29 Å². The number of para-hydroxylation sites is 1. The van der Waals surface area contributed by atoms with E-state index >= 15 is 0 Å². The van der Waals surface area contributed by atoms with E-state index in [2.05, 4.69) is 0 Å². The number of halogens is 1. The molecule has 2 aliphatic rings. The summed E-state index contributed by atoms with van der Waals surface area (Å²) in [5, 5.41) is 5.45. The van der Waals surface area contributed by atoms with Gasteiger partial charge in [-0.3, -0.25) is 9.36 Å². The minimum atomic E-state index is -0.748. The fourth-order valence-electron chi connectivity index (χ4n) is 3.66. The lowest BCUT2D eigenvalue weighted by atomic mass is 10.0. The Kier molecular flexibility index (Phi) is 4.40. The SMILES string of the molecule is O=C1C[C@@H](n2nc(-c3ccc(Cl)cc3)n(-c3ccccc3)c2=S)[C@@H]2CO[C@@H]1O2. The number of Topliss-reactive ketones (excluding diaryl/α,β-unsaturated/α-hetero) is 1. The van der Waals surface area contributed by atoms with Crippen molar-refractivity contribution < 1.29 is 14.3 Å². The topological polar surface area (TPSA) is 58.3 Å². The van der Waals surface area contributed by atoms with Crippen LogP contribution in [0.5, 0.6) is 0 Å². The summed E-state index contributed by atoms with van der Waals surface area (Å²) < 4.78 is 15.3. The number of benzene rings is 2. The van der Waals surface area contributed by atoms with Gasteiger partial charge >= 0.3 is 0 Å². The molecule has 0 aliphatic carbocycles. The van der Waals surface area contributed by atoms with Gasteiger partial charge in [0.2, 0.25) is 11.1 Å². The molecule has 142 valence electrons. The van der Waals surface area contributed by atoms with Crippen LogP contribution in [0.4, 0.5) is 0 Å². The predicted octanol–water partition coefficient (Wildman–Crippen LogP) is 3.98. The van der Waals surface area contributed by atoms with Gasteiger partial charge in [0, 0.05) is 22.7 Å². The first-order valence-corrected chi connectivity index (χ1v) is 9.73. The van der Waals surface area contributed by atoms with Crippen molar-refractivity contribution in [2.45, 2.75) is 24.9 Å². The van der Waals surface area contributed by atoms with Crippen molar-refractivity contribution in [3.8, 4) is 17.1 Å². The number of ether oxygens (including phenoxy) is 2. The molecule has 2 bridgehead atoms. The van der Waals surface area contributed by atoms with E-state index in [1.54, 1.807) is 4.68 Å². The van der Waals surface area contributed by atoms with Gasteiger partial charge in [-0.05, 0) is 48.6 Å². The molecule has 0 saturated carbocycles. The molecule has 2 saturated heterocycles. The summed E-state index contributed by atoms with van der Waals surface area (Å²) >= 11 is 11.8. The average molecular weight is 414 g/mol. The quantitative estimate of drug-likeness (QED) is 0.608. The summed E-state index contributed by atoms with van der Waals surface area (Å²) in [5.74, 6) is 0.601. The van der Waals surface area contributed by atoms with Gasteiger partial charge in [-0.15, -0.1) is 0 Å². The monoisotopic (exact) mass is 413 g/mol. The number of ketones is 1. The maximum Gasteiger partial charge on any atom is 0.218 e. The highest BCUT2D eigenvalue weighted by atomic mass is 35.5. The number of carbonyl (C=O) groups is 1. The first-order chi connectivity index (χ1) is 13.6. The van der Waals surface area contributed by atoms with E-state index in [1.165, 1.54) is 0 Å². The Labute approximate surface area is 171 Å². The first-order valence-electron chi connectivity index (χ1n) is 8.94. The van der Waals surface area contributed by atoms with Crippen LogP contribution in [0.1, 0.15) is 12.5 Å². The number of hydrogen-bond acceptors (Lipinski definition) is 5. The number of aromatic nitrogens is 3. The summed E-state index contributed by atoms with van der Waals surface area (Å²) in [4.78, 5) is 12.3. The summed E-state index contributed by atoms with van der Waals surface area (Å²) in [7, 11) is 0. The zero-order valence-corrected chi connectivity index (χ0v) is 16.3. The molecule has 3 aromatic rings. The Morgan fingerprint density at radius 1 is 1.11 bits per heavy atom. The van der Waals surface area contributed by atoms with E-state index in [9.17, 15) is 4.79 Å². The normalized spacial score (nSPS) is 23.9. The van der Waals surface area contributed by atoms with Crippen molar-refractivity contribution in [2.24, 2.45) is 0 Å². The van der Waals surface area contributed by atoms with Gasteiger partial charge in [-0.25, -0.2) is 4.68 Å². The Bertz CT molecular complexity index is 1090. The van der Waals surface area contributed by atoms with Crippen molar-refractivity contribution >= 4 is 29.6 Å². The first kappa shape index (κ1) is 17.8. The third-order valence-corrected chi connectivity index (χ3v) is 5.67. The van der Waals surface area contributed by atoms with Crippen molar-refractivity contribution in [2.75, 3.05) is 6.61 Å². The van der Waals surface area contributed by atoms with E-state index in [0.29, 0.717) is 22.2 Å². The molecule has 2 aromatic carbocycles. The molecule has 0 unspecified atom stereocenters. The van der Waals surface area contributed by atoms with Gasteiger partial charge in [0.05, 0.1) is 12.6 Å². The lowest BCUT2D eigenvalue weighted by Gasteiger charge is -2.26. The molecule has 2 fully saturated rings. The van der Waals surface area contributed by atoms with Crippen LogP contribution in [0.15, 0.2) is 54.6 Å². The van der Waals surface area contributed by atoms with Gasteiger partial charge in [-0.2, -0.15) is 5.10 Å². The van der Waals surface area contributed by atoms with E-state index in [0.717, 1.165) is 11.3 Å². The molecular formula is C20H16ClN3O3S. The van der Waals surface area contributed by atoms with Crippen molar-refractivity contribution in [1.29, 1.82) is 0 Å². The van der Waals surface area contributed by atoms with Gasteiger partial charge in [0.1, 0.15) is 6.10 Å². The average Bonchev–Trinajstić information content (AvgIpc) is 3.29. The predicted molar refractivity (Wildman–Crippen MR) is 106 cm³/mol. The molecule has 2 aliphatic heterocycles. The van der Waals surface area contributed by atoms with Crippen LogP contribution in [-0.2, 0) is 14.3 Å². The largest absolute Gasteiger partial charge is 0.343 e. The van der Waals surface area contributed by atoms with Gasteiger partial charge in [0.15, 0.2) is 11.6 Å². The number of hydrogen-bond donors (Lipinski definition) is 0. The molecule has 1 aromatic heterocycles. The number of carbonyl (C=O) groups excluding carboxylic acids is 1. The second-order valence-electron chi connectivity index (χ2n) is 6.81. The van der Waals surface area contributed by atoms with Gasteiger partial charge in [-0.1, -0.05) is 29.8 Å². The Morgan fingerprint density at radius 3 is 2.61 bits per heavy atom. The van der Waals surface area contributed by atoms with E-state index in [-0.39, 0.29) is 24.3 Å². The molecule has 3 atom stereocenters. The van der Waals surface area contributed by atoms with Crippen molar-refractivity contribution in [3.63, 3.8) is 0 Å². The van der Waals surface area contributed by atoms with Crippen LogP contribution in [0.3, 0.4) is 0 Å². The maximum atomic E-state index is 12.3. The maximum absolute atomic E-state index is 12.3. The molecule has 3 heterocycles. The second-order valence-corrected chi connectivity index (χ2v) is 7.61. The molecule has 0 N–H and O–H groups in total. The molecule has 6 nitrogen and oxygen atoms in total. The third kappa shape index (κ3) is 2.91. The molecule has 0 radical (unpaired) electrons. The van der Waals surface area contributed by atoms with Crippen LogP contribution < -0.4 is 0 Å². The van der Waals surface area contributed by atoms with Crippen LogP contribution >= 0.6 is 23.8 Å². The van der Waals surface area contributed by atoms with Crippen LogP contribution in [0.25, 0.3) is 17.1 Å². The highest BCUT2D eigenvalue weighted by Crippen LogP contribution is 2.34. The standard InChI is InChI=1S/C20H16ClN3O3S/c21-13-8-6-12(7-9-13)18-22-24(15-10-16(25)19-26-11-17(15)27-19)20(28)23(18)14-4-2-1-3-5-14/h1-9,15,17,19H,10-11H2/t15-,17+,19-/m1/s1. The summed E-state index contributed by atoms with van der Waals surface area (Å²) in [5.41, 5.74) is 1.77. The molecule has 0 amide bonds. The van der Waals surface area contributed by atoms with Gasteiger partial charge < -0.3 is 9.47 Å². The number of nitrogens with zero attached hydrogens (tertiary/aromatic N) is 3. The minimum absolute atomic E-state index is 0.0806. The van der Waals surface area contributed by atoms with E-state index in [1.807, 2.05) is 59.2 Å². The fourth-order valence-corrected chi connectivity index (χ4v) is 4.16. The molecule has 0 spiro atoms. The lowest BCUT2D eigenvalue weighted by molar-refractivity contribution is -0.156. The summed E-state index contributed by atoms with van der Waals surface area (Å²) in [6.07, 6.45) is -0.705. The second kappa shape index (κ2) is 6.93. The Balaban J connectivity index is 1.68. The molecule has 5 rings (SSSR count). The number of fused-ring (bicyclic) bond motifs is 2. The summed E-state index contributed by atoms with van der Waals surface area (Å²) in [6.45, 7) is 0.358. The van der Waals surface area contributed by atoms with Crippen LogP contribution in [0.2, 0.25) is 5.02 Å². The highest BCUT2D eigenvalue weighted by molar-refractivity contribution is 7.71. The number of rotatable bonds is 3. The smallest absolute Gasteiger partial charge is 0.218 e. The van der Waals surface area contributed by atoms with Crippen LogP contribution in [-0.4, -0.2) is 39.1 Å². The zero-order valence-electron chi connectivity index (χ0n) is 14.7. The summed E-state index contributed by atoms with van der Waals surface area (Å²) in [6, 6.07) is 16.9. The third-order valence-electron chi connectivity index (χ3n) is 5.05. The van der Waals surface area contributed by atoms with Crippen molar-refractivity contribution in [3.05, 3.63) is 64.4 Å². The van der Waals surface area contributed by atoms with Crippen molar-refractivity contribution in [1.82, 2.24) is 14.3 Å². The Morgan fingerprint density at radius 2 is 1.86 bits per heavy atom. The van der Waals surface area contributed by atoms with E-state index in [4.69, 9.17) is 38.4 Å². The Hall–Kier alpha value is -2.32. The van der Waals surface area contributed by atoms with Crippen LogP contribution in [0, 0.1) is 4.77 Å².